The minimum absolute atomic E-state index is 0.0345. The maximum Gasteiger partial charge on any atom is 0.435 e. The summed E-state index contributed by atoms with van der Waals surface area (Å²) in [4.78, 5) is 31.0. The lowest BCUT2D eigenvalue weighted by Gasteiger charge is -2.31. The Kier molecular flexibility index (Phi) is 6.43. The number of likely N-dealkylation sites (tertiary alicyclic amines) is 1. The summed E-state index contributed by atoms with van der Waals surface area (Å²) in [5.74, 6) is -0.365. The number of carbonyl (C=O) groups excluding carboxylic acids is 2. The molecule has 3 heterocycles. The van der Waals surface area contributed by atoms with Crippen LogP contribution in [-0.2, 0) is 17.5 Å². The van der Waals surface area contributed by atoms with Gasteiger partial charge in [-0.25, -0.2) is 4.68 Å². The molecule has 1 aliphatic rings. The summed E-state index contributed by atoms with van der Waals surface area (Å²) in [5.41, 5.74) is 0.800. The van der Waals surface area contributed by atoms with Gasteiger partial charge in [-0.1, -0.05) is 6.07 Å². The minimum atomic E-state index is -4.51. The van der Waals surface area contributed by atoms with Gasteiger partial charge in [0.25, 0.3) is 5.91 Å². The number of nitrogens with zero attached hydrogens (tertiary/aromatic N) is 4. The molecule has 7 nitrogen and oxygen atoms in total. The number of piperidine rings is 1. The highest BCUT2D eigenvalue weighted by Crippen LogP contribution is 2.28. The van der Waals surface area contributed by atoms with Crippen molar-refractivity contribution >= 4 is 11.8 Å². The normalized spacial score (nSPS) is 14.8. The summed E-state index contributed by atoms with van der Waals surface area (Å²) in [7, 11) is 0. The van der Waals surface area contributed by atoms with Crippen LogP contribution >= 0.6 is 0 Å². The van der Waals surface area contributed by atoms with Gasteiger partial charge in [0.05, 0.1) is 5.69 Å². The van der Waals surface area contributed by atoms with Crippen molar-refractivity contribution in [3.8, 4) is 5.69 Å². The Labute approximate surface area is 188 Å². The van der Waals surface area contributed by atoms with Crippen molar-refractivity contribution in [2.24, 2.45) is 5.92 Å². The molecule has 1 aliphatic heterocycles. The zero-order valence-electron chi connectivity index (χ0n) is 17.6. The lowest BCUT2D eigenvalue weighted by Crippen LogP contribution is -2.42. The smallest absolute Gasteiger partial charge is 0.352 e. The molecule has 2 amide bonds. The van der Waals surface area contributed by atoms with Crippen LogP contribution in [0.2, 0.25) is 0 Å². The molecule has 0 bridgehead atoms. The van der Waals surface area contributed by atoms with Gasteiger partial charge in [-0.15, -0.1) is 0 Å². The van der Waals surface area contributed by atoms with Crippen molar-refractivity contribution in [2.75, 3.05) is 13.1 Å². The van der Waals surface area contributed by atoms with Gasteiger partial charge >= 0.3 is 6.18 Å². The van der Waals surface area contributed by atoms with Crippen LogP contribution in [0, 0.1) is 5.92 Å². The van der Waals surface area contributed by atoms with Crippen LogP contribution in [0.25, 0.3) is 5.69 Å². The fraction of sp³-hybridized carbons (Fsp3) is 0.304. The molecule has 1 saturated heterocycles. The fourth-order valence-electron chi connectivity index (χ4n) is 3.74. The minimum Gasteiger partial charge on any atom is -0.352 e. The number of hydrogen-bond acceptors (Lipinski definition) is 4. The number of benzene rings is 1. The fourth-order valence-corrected chi connectivity index (χ4v) is 3.74. The maximum absolute atomic E-state index is 12.8. The Morgan fingerprint density at radius 1 is 1.06 bits per heavy atom. The van der Waals surface area contributed by atoms with Gasteiger partial charge in [-0.05, 0) is 54.8 Å². The monoisotopic (exact) mass is 457 g/mol. The second-order valence-electron chi connectivity index (χ2n) is 7.84. The lowest BCUT2D eigenvalue weighted by molar-refractivity contribution is -0.141. The first-order chi connectivity index (χ1) is 15.8. The Bertz CT molecular complexity index is 1110. The van der Waals surface area contributed by atoms with Crippen LogP contribution in [0.4, 0.5) is 13.2 Å². The zero-order chi connectivity index (χ0) is 23.4. The number of amides is 2. The van der Waals surface area contributed by atoms with E-state index < -0.39 is 11.9 Å². The predicted molar refractivity (Wildman–Crippen MR) is 113 cm³/mol. The first-order valence-corrected chi connectivity index (χ1v) is 10.5. The molecule has 1 N–H and O–H groups in total. The molecule has 1 fully saturated rings. The predicted octanol–water partition coefficient (Wildman–Crippen LogP) is 3.45. The van der Waals surface area contributed by atoms with Gasteiger partial charge in [0.2, 0.25) is 5.91 Å². The largest absolute Gasteiger partial charge is 0.435 e. The second kappa shape index (κ2) is 9.43. The van der Waals surface area contributed by atoms with Gasteiger partial charge in [0, 0.05) is 49.7 Å². The van der Waals surface area contributed by atoms with E-state index >= 15 is 0 Å². The molecule has 172 valence electrons. The molecule has 4 rings (SSSR count). The van der Waals surface area contributed by atoms with E-state index in [1.807, 2.05) is 12.1 Å². The van der Waals surface area contributed by atoms with E-state index in [4.69, 9.17) is 0 Å². The van der Waals surface area contributed by atoms with E-state index in [1.165, 1.54) is 6.20 Å². The van der Waals surface area contributed by atoms with Gasteiger partial charge in [-0.2, -0.15) is 18.3 Å². The van der Waals surface area contributed by atoms with Crippen molar-refractivity contribution in [3.63, 3.8) is 0 Å². The van der Waals surface area contributed by atoms with Crippen molar-refractivity contribution < 1.29 is 22.8 Å². The molecule has 0 saturated carbocycles. The highest BCUT2D eigenvalue weighted by atomic mass is 19.4. The zero-order valence-corrected chi connectivity index (χ0v) is 17.6. The van der Waals surface area contributed by atoms with E-state index in [0.717, 1.165) is 16.3 Å². The summed E-state index contributed by atoms with van der Waals surface area (Å²) in [6.07, 6.45) is 1.22. The third kappa shape index (κ3) is 5.39. The number of halogens is 3. The van der Waals surface area contributed by atoms with E-state index in [0.29, 0.717) is 43.7 Å². The topological polar surface area (TPSA) is 80.1 Å². The molecule has 33 heavy (non-hydrogen) atoms. The number of hydrogen-bond donors (Lipinski definition) is 1. The summed E-state index contributed by atoms with van der Waals surface area (Å²) >= 11 is 0. The molecule has 10 heteroatoms. The number of carbonyl (C=O) groups is 2. The van der Waals surface area contributed by atoms with Crippen LogP contribution < -0.4 is 5.32 Å². The van der Waals surface area contributed by atoms with Gasteiger partial charge in [0.1, 0.15) is 0 Å². The Balaban J connectivity index is 1.30. The molecular formula is C23H22F3N5O2. The van der Waals surface area contributed by atoms with Crippen molar-refractivity contribution in [1.29, 1.82) is 0 Å². The maximum atomic E-state index is 12.8. The molecule has 0 aliphatic carbocycles. The van der Waals surface area contributed by atoms with Gasteiger partial charge < -0.3 is 10.2 Å². The third-order valence-electron chi connectivity index (χ3n) is 5.60. The Morgan fingerprint density at radius 2 is 1.79 bits per heavy atom. The molecular weight excluding hydrogens is 435 g/mol. The standard InChI is InChI=1S/C23H22F3N5O2/c24-23(25,26)20-9-13-31(29-20)19-5-3-18(4-6-19)22(33)30-11-7-17(8-12-30)21(32)28-15-16-2-1-10-27-14-16/h1-6,9-10,13-14,17H,7-8,11-12,15H2,(H,28,32). The van der Waals surface area contributed by atoms with Crippen molar-refractivity contribution in [1.82, 2.24) is 25.0 Å². The summed E-state index contributed by atoms with van der Waals surface area (Å²) in [6, 6.07) is 10.8. The molecule has 3 aromatic rings. The molecule has 2 aromatic heterocycles. The van der Waals surface area contributed by atoms with E-state index in [2.05, 4.69) is 15.4 Å². The number of rotatable bonds is 5. The Hall–Kier alpha value is -3.69. The van der Waals surface area contributed by atoms with Gasteiger partial charge in [0.15, 0.2) is 5.69 Å². The SMILES string of the molecule is O=C(NCc1cccnc1)C1CCN(C(=O)c2ccc(-n3ccc(C(F)(F)F)n3)cc2)CC1. The molecule has 0 spiro atoms. The lowest BCUT2D eigenvalue weighted by atomic mass is 9.95. The summed E-state index contributed by atoms with van der Waals surface area (Å²) < 4.78 is 39.3. The number of alkyl halides is 3. The average molecular weight is 457 g/mol. The van der Waals surface area contributed by atoms with Crippen molar-refractivity contribution in [3.05, 3.63) is 77.9 Å². The third-order valence-corrected chi connectivity index (χ3v) is 5.60. The summed E-state index contributed by atoms with van der Waals surface area (Å²) in [5, 5.41) is 6.45. The van der Waals surface area contributed by atoms with Gasteiger partial charge in [-0.3, -0.25) is 14.6 Å². The quantitative estimate of drug-likeness (QED) is 0.637. The van der Waals surface area contributed by atoms with E-state index in [1.54, 1.807) is 41.6 Å². The van der Waals surface area contributed by atoms with E-state index in [9.17, 15) is 22.8 Å². The highest BCUT2D eigenvalue weighted by Gasteiger charge is 2.33. The average Bonchev–Trinajstić information content (AvgIpc) is 3.34. The first-order valence-electron chi connectivity index (χ1n) is 10.5. The van der Waals surface area contributed by atoms with Crippen molar-refractivity contribution in [2.45, 2.75) is 25.6 Å². The Morgan fingerprint density at radius 3 is 2.39 bits per heavy atom. The van der Waals surface area contributed by atoms with Crippen LogP contribution in [-0.4, -0.2) is 44.6 Å². The summed E-state index contributed by atoms with van der Waals surface area (Å²) in [6.45, 7) is 1.33. The molecule has 0 radical (unpaired) electrons. The van der Waals surface area contributed by atoms with Crippen LogP contribution in [0.3, 0.4) is 0 Å². The first kappa shape index (κ1) is 22.5. The van der Waals surface area contributed by atoms with Crippen LogP contribution in [0.1, 0.15) is 34.5 Å². The molecule has 0 unspecified atom stereocenters. The second-order valence-corrected chi connectivity index (χ2v) is 7.84. The molecule has 1 aromatic carbocycles. The number of nitrogens with one attached hydrogen (secondary N) is 1. The number of pyridine rings is 1. The van der Waals surface area contributed by atoms with E-state index in [-0.39, 0.29) is 17.7 Å². The van der Waals surface area contributed by atoms with Crippen LogP contribution in [0.15, 0.2) is 61.1 Å². The highest BCUT2D eigenvalue weighted by molar-refractivity contribution is 5.94. The molecule has 0 atom stereocenters. The van der Waals surface area contributed by atoms with Crippen LogP contribution in [0.5, 0.6) is 0 Å². The number of aromatic nitrogens is 3.